The Morgan fingerprint density at radius 3 is 2.65 bits per heavy atom. The van der Waals surface area contributed by atoms with Gasteiger partial charge in [0.2, 0.25) is 6.41 Å². The topological polar surface area (TPSA) is 79.2 Å². The van der Waals surface area contributed by atoms with Crippen molar-refractivity contribution >= 4 is 12.4 Å². The van der Waals surface area contributed by atoms with Gasteiger partial charge in [0.15, 0.2) is 0 Å². The molecule has 0 bridgehead atoms. The monoisotopic (exact) mass is 232 g/mol. The molecule has 0 fully saturated rings. The number of hydrogen-bond donors (Lipinski definition) is 1. The van der Waals surface area contributed by atoms with Crippen LogP contribution < -0.4 is 5.32 Å². The van der Waals surface area contributed by atoms with E-state index in [0.717, 1.165) is 5.56 Å². The second kappa shape index (κ2) is 6.28. The Kier molecular flexibility index (Phi) is 4.70. The standard InChI is InChI=1S/C12H12N2O3/c1-17-12(16)11(14-8-15)6-9-2-4-10(7-13)5-3-9/h2-5,8,11H,6H2,1H3,(H,14,15)/t11-/m0/s1. The summed E-state index contributed by atoms with van der Waals surface area (Å²) in [6.07, 6.45) is 0.794. The van der Waals surface area contributed by atoms with Gasteiger partial charge >= 0.3 is 5.97 Å². The lowest BCUT2D eigenvalue weighted by atomic mass is 10.0. The second-order valence-electron chi connectivity index (χ2n) is 3.37. The van der Waals surface area contributed by atoms with Gasteiger partial charge in [-0.2, -0.15) is 5.26 Å². The highest BCUT2D eigenvalue weighted by Crippen LogP contribution is 2.07. The summed E-state index contributed by atoms with van der Waals surface area (Å²) in [5.74, 6) is -0.499. The summed E-state index contributed by atoms with van der Waals surface area (Å²) in [4.78, 5) is 21.7. The van der Waals surface area contributed by atoms with Crippen molar-refractivity contribution in [2.75, 3.05) is 7.11 Å². The molecule has 1 aromatic rings. The number of amides is 1. The highest BCUT2D eigenvalue weighted by atomic mass is 16.5. The number of hydrogen-bond acceptors (Lipinski definition) is 4. The van der Waals surface area contributed by atoms with Gasteiger partial charge in [0.25, 0.3) is 0 Å². The number of methoxy groups -OCH3 is 1. The third kappa shape index (κ3) is 3.61. The Bertz CT molecular complexity index is 434. The molecular weight excluding hydrogens is 220 g/mol. The molecule has 5 heteroatoms. The predicted octanol–water partition coefficient (Wildman–Crippen LogP) is 0.388. The van der Waals surface area contributed by atoms with Crippen LogP contribution in [0, 0.1) is 11.3 Å². The molecule has 0 spiro atoms. The Morgan fingerprint density at radius 1 is 1.53 bits per heavy atom. The predicted molar refractivity (Wildman–Crippen MR) is 59.9 cm³/mol. The number of nitrogens with one attached hydrogen (secondary N) is 1. The van der Waals surface area contributed by atoms with Crippen molar-refractivity contribution in [1.29, 1.82) is 5.26 Å². The van der Waals surface area contributed by atoms with E-state index in [2.05, 4.69) is 10.1 Å². The SMILES string of the molecule is COC(=O)[C@H](Cc1ccc(C#N)cc1)NC=O. The van der Waals surface area contributed by atoms with Crippen LogP contribution in [0.1, 0.15) is 11.1 Å². The molecule has 0 aliphatic rings. The van der Waals surface area contributed by atoms with Gasteiger partial charge in [-0.15, -0.1) is 0 Å². The van der Waals surface area contributed by atoms with E-state index in [1.165, 1.54) is 7.11 Å². The van der Waals surface area contributed by atoms with Gasteiger partial charge in [-0.3, -0.25) is 4.79 Å². The van der Waals surface area contributed by atoms with Crippen molar-refractivity contribution in [2.45, 2.75) is 12.5 Å². The van der Waals surface area contributed by atoms with Gasteiger partial charge in [0.1, 0.15) is 6.04 Å². The molecule has 17 heavy (non-hydrogen) atoms. The Balaban J connectivity index is 2.75. The minimum absolute atomic E-state index is 0.330. The van der Waals surface area contributed by atoms with Crippen molar-refractivity contribution in [3.63, 3.8) is 0 Å². The maximum Gasteiger partial charge on any atom is 0.328 e. The molecule has 0 aliphatic heterocycles. The molecule has 1 amide bonds. The van der Waals surface area contributed by atoms with Crippen LogP contribution >= 0.6 is 0 Å². The number of esters is 1. The summed E-state index contributed by atoms with van der Waals surface area (Å²) in [5, 5.41) is 11.0. The fourth-order valence-corrected chi connectivity index (χ4v) is 1.39. The zero-order valence-electron chi connectivity index (χ0n) is 9.34. The van der Waals surface area contributed by atoms with Gasteiger partial charge in [-0.25, -0.2) is 4.79 Å². The lowest BCUT2D eigenvalue weighted by molar-refractivity contribution is -0.144. The van der Waals surface area contributed by atoms with Crippen molar-refractivity contribution in [1.82, 2.24) is 5.32 Å². The van der Waals surface area contributed by atoms with Gasteiger partial charge in [0.05, 0.1) is 18.7 Å². The van der Waals surface area contributed by atoms with Crippen LogP contribution in [0.25, 0.3) is 0 Å². The quantitative estimate of drug-likeness (QED) is 0.588. The van der Waals surface area contributed by atoms with Crippen LogP contribution in [0.5, 0.6) is 0 Å². The lowest BCUT2D eigenvalue weighted by Gasteiger charge is -2.13. The maximum atomic E-state index is 11.3. The van der Waals surface area contributed by atoms with E-state index >= 15 is 0 Å². The summed E-state index contributed by atoms with van der Waals surface area (Å²) >= 11 is 0. The van der Waals surface area contributed by atoms with E-state index < -0.39 is 12.0 Å². The van der Waals surface area contributed by atoms with E-state index in [1.54, 1.807) is 24.3 Å². The first-order valence-electron chi connectivity index (χ1n) is 4.97. The average Bonchev–Trinajstić information content (AvgIpc) is 2.38. The van der Waals surface area contributed by atoms with Crippen LogP contribution in [-0.4, -0.2) is 25.5 Å². The van der Waals surface area contributed by atoms with Crippen molar-refractivity contribution < 1.29 is 14.3 Å². The minimum Gasteiger partial charge on any atom is -0.467 e. The lowest BCUT2D eigenvalue weighted by Crippen LogP contribution is -2.38. The highest BCUT2D eigenvalue weighted by molar-refractivity contribution is 5.78. The van der Waals surface area contributed by atoms with Crippen LogP contribution in [0.3, 0.4) is 0 Å². The normalized spacial score (nSPS) is 11.1. The van der Waals surface area contributed by atoms with Gasteiger partial charge in [0, 0.05) is 6.42 Å². The molecule has 1 N–H and O–H groups in total. The number of nitrogens with zero attached hydrogens (tertiary/aromatic N) is 1. The fraction of sp³-hybridized carbons (Fsp3) is 0.250. The minimum atomic E-state index is -0.703. The van der Waals surface area contributed by atoms with Gasteiger partial charge in [-0.05, 0) is 17.7 Å². The smallest absolute Gasteiger partial charge is 0.328 e. The second-order valence-corrected chi connectivity index (χ2v) is 3.37. The number of benzene rings is 1. The van der Waals surface area contributed by atoms with E-state index in [0.29, 0.717) is 18.4 Å². The molecule has 0 aliphatic carbocycles. The summed E-state index contributed by atoms with van der Waals surface area (Å²) in [6.45, 7) is 0. The van der Waals surface area contributed by atoms with Crippen molar-refractivity contribution in [2.24, 2.45) is 0 Å². The number of rotatable bonds is 5. The Hall–Kier alpha value is -2.35. The Labute approximate surface area is 99.0 Å². The molecule has 1 aromatic carbocycles. The summed E-state index contributed by atoms with van der Waals surface area (Å²) in [6, 6.07) is 8.09. The first kappa shape index (κ1) is 12.7. The molecule has 0 heterocycles. The molecule has 0 aromatic heterocycles. The third-order valence-corrected chi connectivity index (χ3v) is 2.28. The van der Waals surface area contributed by atoms with Crippen molar-refractivity contribution in [3.8, 4) is 6.07 Å². The average molecular weight is 232 g/mol. The molecule has 0 unspecified atom stereocenters. The first-order chi connectivity index (χ1) is 8.21. The molecule has 5 nitrogen and oxygen atoms in total. The van der Waals surface area contributed by atoms with Crippen LogP contribution in [0.2, 0.25) is 0 Å². The molecule has 1 atom stereocenters. The van der Waals surface area contributed by atoms with Crippen LogP contribution in [0.15, 0.2) is 24.3 Å². The Morgan fingerprint density at radius 2 is 2.18 bits per heavy atom. The molecule has 0 saturated heterocycles. The number of ether oxygens (including phenoxy) is 1. The zero-order valence-corrected chi connectivity index (χ0v) is 9.34. The zero-order chi connectivity index (χ0) is 12.7. The van der Waals surface area contributed by atoms with Crippen LogP contribution in [0.4, 0.5) is 0 Å². The number of nitriles is 1. The molecule has 88 valence electrons. The van der Waals surface area contributed by atoms with E-state index in [4.69, 9.17) is 5.26 Å². The van der Waals surface area contributed by atoms with E-state index in [-0.39, 0.29) is 0 Å². The highest BCUT2D eigenvalue weighted by Gasteiger charge is 2.18. The summed E-state index contributed by atoms with van der Waals surface area (Å²) in [5.41, 5.74) is 1.39. The molecule has 0 radical (unpaired) electrons. The summed E-state index contributed by atoms with van der Waals surface area (Å²) in [7, 11) is 1.26. The maximum absolute atomic E-state index is 11.3. The fourth-order valence-electron chi connectivity index (χ4n) is 1.39. The van der Waals surface area contributed by atoms with Gasteiger partial charge in [-0.1, -0.05) is 12.1 Å². The third-order valence-electron chi connectivity index (χ3n) is 2.28. The van der Waals surface area contributed by atoms with Gasteiger partial charge < -0.3 is 10.1 Å². The molecule has 0 saturated carbocycles. The molecule has 1 rings (SSSR count). The molecular formula is C12H12N2O3. The summed E-state index contributed by atoms with van der Waals surface area (Å²) < 4.78 is 4.57. The first-order valence-corrected chi connectivity index (χ1v) is 4.97. The van der Waals surface area contributed by atoms with Crippen LogP contribution in [-0.2, 0) is 20.7 Å². The van der Waals surface area contributed by atoms with Crippen molar-refractivity contribution in [3.05, 3.63) is 35.4 Å². The number of carbonyl (C=O) groups excluding carboxylic acids is 2. The largest absolute Gasteiger partial charge is 0.467 e. The van der Waals surface area contributed by atoms with E-state index in [9.17, 15) is 9.59 Å². The van der Waals surface area contributed by atoms with E-state index in [1.807, 2.05) is 6.07 Å². The number of carbonyl (C=O) groups is 2.